The Morgan fingerprint density at radius 3 is 3.00 bits per heavy atom. The molecule has 0 fully saturated rings. The maximum atomic E-state index is 4.97. The Morgan fingerprint density at radius 2 is 2.38 bits per heavy atom. The molecular formula is C9H12BrNOS. The minimum atomic E-state index is 0.766. The molecule has 13 heavy (non-hydrogen) atoms. The lowest BCUT2D eigenvalue weighted by Gasteiger charge is -2.03. The highest BCUT2D eigenvalue weighted by atomic mass is 79.9. The second kappa shape index (κ2) is 5.62. The van der Waals surface area contributed by atoms with Crippen LogP contribution < -0.4 is 0 Å². The van der Waals surface area contributed by atoms with Crippen LogP contribution in [0.1, 0.15) is 5.56 Å². The monoisotopic (exact) mass is 261 g/mol. The third-order valence-corrected chi connectivity index (χ3v) is 3.03. The second-order valence-corrected chi connectivity index (χ2v) is 4.62. The molecule has 1 heterocycles. The van der Waals surface area contributed by atoms with Crippen molar-refractivity contribution < 1.29 is 4.74 Å². The van der Waals surface area contributed by atoms with Crippen molar-refractivity contribution in [2.45, 2.75) is 11.9 Å². The summed E-state index contributed by atoms with van der Waals surface area (Å²) in [5, 5.41) is 1.08. The van der Waals surface area contributed by atoms with Crippen molar-refractivity contribution >= 4 is 27.7 Å². The maximum Gasteiger partial charge on any atom is 0.0990 e. The SMILES string of the molecule is COCCSc1ncc(Br)cc1C. The van der Waals surface area contributed by atoms with Gasteiger partial charge in [0.1, 0.15) is 0 Å². The highest BCUT2D eigenvalue weighted by Crippen LogP contribution is 2.21. The lowest BCUT2D eigenvalue weighted by Crippen LogP contribution is -1.93. The molecule has 1 aromatic heterocycles. The summed E-state index contributed by atoms with van der Waals surface area (Å²) in [4.78, 5) is 4.31. The van der Waals surface area contributed by atoms with Crippen molar-refractivity contribution in [3.63, 3.8) is 0 Å². The summed E-state index contributed by atoms with van der Waals surface area (Å²) in [5.74, 6) is 0.950. The zero-order valence-corrected chi connectivity index (χ0v) is 10.1. The van der Waals surface area contributed by atoms with Crippen LogP contribution in [0.15, 0.2) is 21.8 Å². The third-order valence-electron chi connectivity index (χ3n) is 1.52. The van der Waals surface area contributed by atoms with Gasteiger partial charge in [-0.1, -0.05) is 0 Å². The Kier molecular flexibility index (Phi) is 4.77. The van der Waals surface area contributed by atoms with Gasteiger partial charge in [-0.2, -0.15) is 0 Å². The van der Waals surface area contributed by atoms with Gasteiger partial charge in [0, 0.05) is 23.5 Å². The van der Waals surface area contributed by atoms with Crippen LogP contribution in [0.2, 0.25) is 0 Å². The molecule has 0 radical (unpaired) electrons. The number of aromatic nitrogens is 1. The maximum absolute atomic E-state index is 4.97. The lowest BCUT2D eigenvalue weighted by molar-refractivity contribution is 0.218. The number of hydrogen-bond acceptors (Lipinski definition) is 3. The first-order chi connectivity index (χ1) is 6.24. The molecule has 0 aliphatic rings. The van der Waals surface area contributed by atoms with Gasteiger partial charge in [0.2, 0.25) is 0 Å². The molecule has 0 amide bonds. The number of ether oxygens (including phenoxy) is 1. The van der Waals surface area contributed by atoms with E-state index in [1.165, 1.54) is 5.56 Å². The van der Waals surface area contributed by atoms with E-state index in [2.05, 4.69) is 33.9 Å². The minimum absolute atomic E-state index is 0.766. The number of pyridine rings is 1. The van der Waals surface area contributed by atoms with Gasteiger partial charge in [-0.15, -0.1) is 11.8 Å². The van der Waals surface area contributed by atoms with Crippen molar-refractivity contribution in [3.8, 4) is 0 Å². The number of rotatable bonds is 4. The molecule has 0 atom stereocenters. The Morgan fingerprint density at radius 1 is 1.62 bits per heavy atom. The average molecular weight is 262 g/mol. The van der Waals surface area contributed by atoms with E-state index >= 15 is 0 Å². The number of nitrogens with zero attached hydrogens (tertiary/aromatic N) is 1. The summed E-state index contributed by atoms with van der Waals surface area (Å²) < 4.78 is 6.00. The van der Waals surface area contributed by atoms with Crippen LogP contribution >= 0.6 is 27.7 Å². The van der Waals surface area contributed by atoms with Crippen molar-refractivity contribution in [2.75, 3.05) is 19.5 Å². The van der Waals surface area contributed by atoms with Crippen molar-refractivity contribution in [3.05, 3.63) is 22.3 Å². The molecule has 2 nitrogen and oxygen atoms in total. The molecular weight excluding hydrogens is 250 g/mol. The summed E-state index contributed by atoms with van der Waals surface area (Å²) in [5.41, 5.74) is 1.20. The molecule has 0 unspecified atom stereocenters. The normalized spacial score (nSPS) is 10.4. The van der Waals surface area contributed by atoms with Crippen LogP contribution in [-0.4, -0.2) is 24.5 Å². The van der Waals surface area contributed by atoms with Crippen LogP contribution in [0.25, 0.3) is 0 Å². The van der Waals surface area contributed by atoms with Gasteiger partial charge in [-0.05, 0) is 34.5 Å². The largest absolute Gasteiger partial charge is 0.384 e. The standard InChI is InChI=1S/C9H12BrNOS/c1-7-5-8(10)6-11-9(7)13-4-3-12-2/h5-6H,3-4H2,1-2H3. The first-order valence-electron chi connectivity index (χ1n) is 3.98. The molecule has 0 aromatic carbocycles. The van der Waals surface area contributed by atoms with E-state index in [9.17, 15) is 0 Å². The van der Waals surface area contributed by atoms with Crippen molar-refractivity contribution in [1.29, 1.82) is 0 Å². The summed E-state index contributed by atoms with van der Waals surface area (Å²) in [6.07, 6.45) is 1.82. The Balaban J connectivity index is 2.56. The van der Waals surface area contributed by atoms with E-state index in [-0.39, 0.29) is 0 Å². The summed E-state index contributed by atoms with van der Waals surface area (Å²) in [7, 11) is 1.71. The van der Waals surface area contributed by atoms with E-state index in [0.29, 0.717) is 0 Å². The molecule has 0 aliphatic heterocycles. The molecule has 1 aromatic rings. The summed E-state index contributed by atoms with van der Waals surface area (Å²) in [6, 6.07) is 2.07. The molecule has 4 heteroatoms. The number of hydrogen-bond donors (Lipinski definition) is 0. The number of thioether (sulfide) groups is 1. The van der Waals surface area contributed by atoms with Gasteiger partial charge in [0.05, 0.1) is 11.6 Å². The van der Waals surface area contributed by atoms with E-state index in [1.54, 1.807) is 18.9 Å². The van der Waals surface area contributed by atoms with Crippen LogP contribution in [0.5, 0.6) is 0 Å². The summed E-state index contributed by atoms with van der Waals surface area (Å²) in [6.45, 7) is 2.83. The Bertz CT molecular complexity index is 280. The molecule has 72 valence electrons. The quantitative estimate of drug-likeness (QED) is 0.615. The third kappa shape index (κ3) is 3.67. The molecule has 0 saturated heterocycles. The first-order valence-corrected chi connectivity index (χ1v) is 5.76. The predicted octanol–water partition coefficient (Wildman–Crippen LogP) is 2.89. The zero-order chi connectivity index (χ0) is 9.68. The van der Waals surface area contributed by atoms with E-state index in [4.69, 9.17) is 4.74 Å². The molecule has 0 N–H and O–H groups in total. The van der Waals surface area contributed by atoms with Gasteiger partial charge >= 0.3 is 0 Å². The lowest BCUT2D eigenvalue weighted by atomic mass is 10.3. The molecule has 0 saturated carbocycles. The van der Waals surface area contributed by atoms with E-state index < -0.39 is 0 Å². The van der Waals surface area contributed by atoms with Crippen LogP contribution in [-0.2, 0) is 4.74 Å². The second-order valence-electron chi connectivity index (χ2n) is 2.62. The van der Waals surface area contributed by atoms with Crippen molar-refractivity contribution in [1.82, 2.24) is 4.98 Å². The molecule has 1 rings (SSSR count). The fraction of sp³-hybridized carbons (Fsp3) is 0.444. The van der Waals surface area contributed by atoms with Gasteiger partial charge in [0.25, 0.3) is 0 Å². The topological polar surface area (TPSA) is 22.1 Å². The van der Waals surface area contributed by atoms with Gasteiger partial charge in [-0.25, -0.2) is 4.98 Å². The fourth-order valence-electron chi connectivity index (χ4n) is 0.901. The average Bonchev–Trinajstić information content (AvgIpc) is 2.09. The van der Waals surface area contributed by atoms with Gasteiger partial charge in [-0.3, -0.25) is 0 Å². The highest BCUT2D eigenvalue weighted by molar-refractivity contribution is 9.10. The van der Waals surface area contributed by atoms with Crippen LogP contribution in [0, 0.1) is 6.92 Å². The Hall–Kier alpha value is -0.0600. The molecule has 0 bridgehead atoms. The number of aryl methyl sites for hydroxylation is 1. The number of halogens is 1. The molecule has 0 spiro atoms. The van der Waals surface area contributed by atoms with Crippen LogP contribution in [0.3, 0.4) is 0 Å². The predicted molar refractivity (Wildman–Crippen MR) is 59.3 cm³/mol. The van der Waals surface area contributed by atoms with E-state index in [0.717, 1.165) is 21.9 Å². The minimum Gasteiger partial charge on any atom is -0.384 e. The molecule has 0 aliphatic carbocycles. The van der Waals surface area contributed by atoms with Crippen LogP contribution in [0.4, 0.5) is 0 Å². The van der Waals surface area contributed by atoms with Crippen molar-refractivity contribution in [2.24, 2.45) is 0 Å². The smallest absolute Gasteiger partial charge is 0.0990 e. The van der Waals surface area contributed by atoms with E-state index in [1.807, 2.05) is 6.20 Å². The van der Waals surface area contributed by atoms with Gasteiger partial charge in [0.15, 0.2) is 0 Å². The highest BCUT2D eigenvalue weighted by Gasteiger charge is 2.00. The summed E-state index contributed by atoms with van der Waals surface area (Å²) >= 11 is 5.11. The zero-order valence-electron chi connectivity index (χ0n) is 7.71. The number of methoxy groups -OCH3 is 1. The van der Waals surface area contributed by atoms with Gasteiger partial charge < -0.3 is 4.74 Å². The first kappa shape index (κ1) is 11.0. The Labute approximate surface area is 91.2 Å². The fourth-order valence-corrected chi connectivity index (χ4v) is 2.20.